The first-order chi connectivity index (χ1) is 10.6. The van der Waals surface area contributed by atoms with Crippen LogP contribution in [0.5, 0.6) is 0 Å². The number of guanidine groups is 1. The lowest BCUT2D eigenvalue weighted by atomic mass is 10.1. The van der Waals surface area contributed by atoms with Gasteiger partial charge < -0.3 is 10.2 Å². The van der Waals surface area contributed by atoms with Crippen LogP contribution in [-0.4, -0.2) is 41.3 Å². The number of hydrogen-bond acceptors (Lipinski definition) is 2. The molecule has 0 aliphatic heterocycles. The van der Waals surface area contributed by atoms with E-state index in [-0.39, 0.29) is 24.0 Å². The Morgan fingerprint density at radius 3 is 2.48 bits per heavy atom. The van der Waals surface area contributed by atoms with E-state index in [2.05, 4.69) is 51.5 Å². The van der Waals surface area contributed by atoms with Gasteiger partial charge in [0, 0.05) is 33.4 Å². The van der Waals surface area contributed by atoms with Crippen LogP contribution in [0.1, 0.15) is 16.7 Å². The Morgan fingerprint density at radius 1 is 1.22 bits per heavy atom. The molecule has 0 spiro atoms. The molecule has 0 amide bonds. The molecule has 0 atom stereocenters. The van der Waals surface area contributed by atoms with E-state index in [9.17, 15) is 0 Å². The van der Waals surface area contributed by atoms with E-state index in [0.717, 1.165) is 25.6 Å². The second-order valence-electron chi connectivity index (χ2n) is 5.60. The number of halogens is 1. The first-order valence-corrected chi connectivity index (χ1v) is 7.55. The van der Waals surface area contributed by atoms with Gasteiger partial charge in [-0.3, -0.25) is 9.67 Å². The van der Waals surface area contributed by atoms with Gasteiger partial charge in [0.25, 0.3) is 0 Å². The molecule has 0 aliphatic carbocycles. The van der Waals surface area contributed by atoms with Gasteiger partial charge in [0.1, 0.15) is 0 Å². The third kappa shape index (κ3) is 6.21. The van der Waals surface area contributed by atoms with Gasteiger partial charge in [0.05, 0.1) is 12.7 Å². The van der Waals surface area contributed by atoms with Crippen LogP contribution in [0.25, 0.3) is 0 Å². The lowest BCUT2D eigenvalue weighted by Crippen LogP contribution is -2.39. The summed E-state index contributed by atoms with van der Waals surface area (Å²) >= 11 is 0. The average Bonchev–Trinajstić information content (AvgIpc) is 2.91. The van der Waals surface area contributed by atoms with Crippen molar-refractivity contribution in [2.45, 2.75) is 26.9 Å². The summed E-state index contributed by atoms with van der Waals surface area (Å²) in [5.41, 5.74) is 3.74. The Morgan fingerprint density at radius 2 is 1.91 bits per heavy atom. The van der Waals surface area contributed by atoms with Crippen LogP contribution in [-0.2, 0) is 13.1 Å². The number of aromatic nitrogens is 2. The summed E-state index contributed by atoms with van der Waals surface area (Å²) in [6, 6.07) is 8.59. The summed E-state index contributed by atoms with van der Waals surface area (Å²) in [6.07, 6.45) is 3.92. The van der Waals surface area contributed by atoms with Crippen LogP contribution in [0.4, 0.5) is 0 Å². The maximum Gasteiger partial charge on any atom is 0.193 e. The van der Waals surface area contributed by atoms with E-state index >= 15 is 0 Å². The van der Waals surface area contributed by atoms with E-state index in [1.165, 1.54) is 16.7 Å². The summed E-state index contributed by atoms with van der Waals surface area (Å²) in [5.74, 6) is 0.893. The second kappa shape index (κ2) is 9.54. The highest BCUT2D eigenvalue weighted by molar-refractivity contribution is 14.0. The number of nitrogens with zero attached hydrogens (tertiary/aromatic N) is 4. The van der Waals surface area contributed by atoms with Gasteiger partial charge in [-0.2, -0.15) is 5.10 Å². The zero-order valence-electron chi connectivity index (χ0n) is 14.3. The standard InChI is InChI=1S/C17H25N5.HI/c1-14-5-7-16(8-6-14)13-21(4)17(18-3)19-9-10-22-12-15(2)11-20-22;/h5-8,11-12H,9-10,13H2,1-4H3,(H,18,19);1H. The van der Waals surface area contributed by atoms with Crippen molar-refractivity contribution in [2.24, 2.45) is 4.99 Å². The van der Waals surface area contributed by atoms with E-state index < -0.39 is 0 Å². The molecular formula is C17H26IN5. The largest absolute Gasteiger partial charge is 0.354 e. The fraction of sp³-hybridized carbons (Fsp3) is 0.412. The molecule has 1 N–H and O–H groups in total. The van der Waals surface area contributed by atoms with Crippen molar-refractivity contribution in [3.63, 3.8) is 0 Å². The number of aryl methyl sites for hydroxylation is 2. The highest BCUT2D eigenvalue weighted by atomic mass is 127. The molecule has 0 bridgehead atoms. The van der Waals surface area contributed by atoms with Gasteiger partial charge in [0.2, 0.25) is 0 Å². The molecule has 0 saturated heterocycles. The fourth-order valence-electron chi connectivity index (χ4n) is 2.30. The van der Waals surface area contributed by atoms with Crippen LogP contribution in [0.2, 0.25) is 0 Å². The Hall–Kier alpha value is -1.57. The van der Waals surface area contributed by atoms with Gasteiger partial charge in [-0.25, -0.2) is 0 Å². The zero-order chi connectivity index (χ0) is 15.9. The second-order valence-corrected chi connectivity index (χ2v) is 5.60. The minimum Gasteiger partial charge on any atom is -0.354 e. The predicted octanol–water partition coefficient (Wildman–Crippen LogP) is 2.83. The Balaban J connectivity index is 0.00000264. The van der Waals surface area contributed by atoms with Gasteiger partial charge in [-0.05, 0) is 25.0 Å². The third-order valence-electron chi connectivity index (χ3n) is 3.50. The van der Waals surface area contributed by atoms with E-state index in [0.29, 0.717) is 0 Å². The summed E-state index contributed by atoms with van der Waals surface area (Å²) in [5, 5.41) is 7.66. The van der Waals surface area contributed by atoms with Crippen LogP contribution in [0.15, 0.2) is 41.7 Å². The van der Waals surface area contributed by atoms with Crippen LogP contribution >= 0.6 is 24.0 Å². The zero-order valence-corrected chi connectivity index (χ0v) is 16.6. The number of nitrogens with one attached hydrogen (secondary N) is 1. The Labute approximate surface area is 155 Å². The number of benzene rings is 1. The lowest BCUT2D eigenvalue weighted by molar-refractivity contribution is 0.470. The number of hydrogen-bond donors (Lipinski definition) is 1. The van der Waals surface area contributed by atoms with Crippen molar-refractivity contribution in [3.05, 3.63) is 53.3 Å². The summed E-state index contributed by atoms with van der Waals surface area (Å²) in [7, 11) is 3.86. The molecule has 1 heterocycles. The minimum absolute atomic E-state index is 0. The maximum atomic E-state index is 4.34. The molecule has 23 heavy (non-hydrogen) atoms. The molecular weight excluding hydrogens is 401 g/mol. The van der Waals surface area contributed by atoms with Gasteiger partial charge in [0.15, 0.2) is 5.96 Å². The summed E-state index contributed by atoms with van der Waals surface area (Å²) in [6.45, 7) is 6.61. The minimum atomic E-state index is 0. The molecule has 2 rings (SSSR count). The van der Waals surface area contributed by atoms with E-state index in [4.69, 9.17) is 0 Å². The molecule has 0 fully saturated rings. The predicted molar refractivity (Wildman–Crippen MR) is 106 cm³/mol. The van der Waals surface area contributed by atoms with Crippen LogP contribution < -0.4 is 5.32 Å². The molecule has 126 valence electrons. The van der Waals surface area contributed by atoms with Crippen molar-refractivity contribution >= 4 is 29.9 Å². The van der Waals surface area contributed by atoms with E-state index in [1.54, 1.807) is 0 Å². The van der Waals surface area contributed by atoms with Gasteiger partial charge in [-0.1, -0.05) is 29.8 Å². The molecule has 1 aromatic carbocycles. The number of aliphatic imine (C=N–C) groups is 1. The molecule has 1 aromatic heterocycles. The summed E-state index contributed by atoms with van der Waals surface area (Å²) in [4.78, 5) is 6.46. The smallest absolute Gasteiger partial charge is 0.193 e. The highest BCUT2D eigenvalue weighted by Gasteiger charge is 2.06. The Bertz CT molecular complexity index is 618. The van der Waals surface area contributed by atoms with Crippen LogP contribution in [0.3, 0.4) is 0 Å². The van der Waals surface area contributed by atoms with Crippen molar-refractivity contribution in [2.75, 3.05) is 20.6 Å². The molecule has 0 radical (unpaired) electrons. The van der Waals surface area contributed by atoms with Crippen molar-refractivity contribution in [1.82, 2.24) is 20.0 Å². The highest BCUT2D eigenvalue weighted by Crippen LogP contribution is 2.06. The van der Waals surface area contributed by atoms with Crippen LogP contribution in [0, 0.1) is 13.8 Å². The first kappa shape index (κ1) is 19.5. The quantitative estimate of drug-likeness (QED) is 0.454. The topological polar surface area (TPSA) is 45.5 Å². The number of rotatable bonds is 5. The average molecular weight is 427 g/mol. The molecule has 0 aliphatic rings. The van der Waals surface area contributed by atoms with E-state index in [1.807, 2.05) is 38.1 Å². The normalized spacial score (nSPS) is 11.0. The summed E-state index contributed by atoms with van der Waals surface area (Å²) < 4.78 is 1.94. The first-order valence-electron chi connectivity index (χ1n) is 7.55. The van der Waals surface area contributed by atoms with Gasteiger partial charge in [-0.15, -0.1) is 24.0 Å². The molecule has 0 unspecified atom stereocenters. The molecule has 5 nitrogen and oxygen atoms in total. The van der Waals surface area contributed by atoms with Gasteiger partial charge >= 0.3 is 0 Å². The lowest BCUT2D eigenvalue weighted by Gasteiger charge is -2.22. The third-order valence-corrected chi connectivity index (χ3v) is 3.50. The maximum absolute atomic E-state index is 4.34. The van der Waals surface area contributed by atoms with Crippen molar-refractivity contribution in [1.29, 1.82) is 0 Å². The van der Waals surface area contributed by atoms with Crippen molar-refractivity contribution < 1.29 is 0 Å². The fourth-order valence-corrected chi connectivity index (χ4v) is 2.30. The Kier molecular flexibility index (Phi) is 8.08. The SMILES string of the molecule is CN=C(NCCn1cc(C)cn1)N(C)Cc1ccc(C)cc1.I. The molecule has 2 aromatic rings. The molecule has 6 heteroatoms. The van der Waals surface area contributed by atoms with Crippen molar-refractivity contribution in [3.8, 4) is 0 Å². The monoisotopic (exact) mass is 427 g/mol. The molecule has 0 saturated carbocycles.